The third-order valence-corrected chi connectivity index (χ3v) is 4.65. The number of ether oxygens (including phenoxy) is 1. The van der Waals surface area contributed by atoms with E-state index in [1.165, 1.54) is 6.07 Å². The zero-order valence-electron chi connectivity index (χ0n) is 10.4. The molecule has 0 unspecified atom stereocenters. The summed E-state index contributed by atoms with van der Waals surface area (Å²) in [4.78, 5) is 0. The van der Waals surface area contributed by atoms with Crippen molar-refractivity contribution >= 4 is 15.5 Å². The SMILES string of the molecule is CC(C)S(=O)(=O)CCOc1ccc(C#N)cc1N. The van der Waals surface area contributed by atoms with Crippen LogP contribution < -0.4 is 10.5 Å². The predicted octanol–water partition coefficient (Wildman–Crippen LogP) is 1.34. The van der Waals surface area contributed by atoms with Crippen LogP contribution in [0.15, 0.2) is 18.2 Å². The summed E-state index contributed by atoms with van der Waals surface area (Å²) in [5.74, 6) is 0.345. The molecule has 1 aromatic rings. The van der Waals surface area contributed by atoms with Crippen LogP contribution in [-0.2, 0) is 9.84 Å². The van der Waals surface area contributed by atoms with Gasteiger partial charge in [0, 0.05) is 0 Å². The van der Waals surface area contributed by atoms with Crippen molar-refractivity contribution in [1.82, 2.24) is 0 Å². The van der Waals surface area contributed by atoms with Gasteiger partial charge in [-0.15, -0.1) is 0 Å². The number of sulfone groups is 1. The lowest BCUT2D eigenvalue weighted by Gasteiger charge is -2.10. The standard InChI is InChI=1S/C12H16N2O3S/c1-9(2)18(15,16)6-5-17-12-4-3-10(8-13)7-11(12)14/h3-4,7,9H,5-6,14H2,1-2H3. The van der Waals surface area contributed by atoms with Crippen LogP contribution in [0.2, 0.25) is 0 Å². The van der Waals surface area contributed by atoms with Crippen LogP contribution in [0.25, 0.3) is 0 Å². The monoisotopic (exact) mass is 268 g/mol. The van der Waals surface area contributed by atoms with E-state index in [1.807, 2.05) is 6.07 Å². The molecule has 0 aromatic heterocycles. The molecule has 5 nitrogen and oxygen atoms in total. The second-order valence-corrected chi connectivity index (χ2v) is 6.81. The number of nitriles is 1. The summed E-state index contributed by atoms with van der Waals surface area (Å²) >= 11 is 0. The molecule has 0 aliphatic heterocycles. The number of hydrogen-bond donors (Lipinski definition) is 1. The topological polar surface area (TPSA) is 93.2 Å². The lowest BCUT2D eigenvalue weighted by molar-refractivity contribution is 0.342. The van der Waals surface area contributed by atoms with Crippen LogP contribution >= 0.6 is 0 Å². The van der Waals surface area contributed by atoms with Gasteiger partial charge in [-0.3, -0.25) is 0 Å². The van der Waals surface area contributed by atoms with Gasteiger partial charge in [-0.25, -0.2) is 8.42 Å². The molecule has 0 saturated carbocycles. The van der Waals surface area contributed by atoms with Gasteiger partial charge in [-0.05, 0) is 32.0 Å². The van der Waals surface area contributed by atoms with Crippen LogP contribution in [0.1, 0.15) is 19.4 Å². The smallest absolute Gasteiger partial charge is 0.155 e. The summed E-state index contributed by atoms with van der Waals surface area (Å²) in [7, 11) is -3.11. The van der Waals surface area contributed by atoms with E-state index in [0.717, 1.165) is 0 Å². The minimum Gasteiger partial charge on any atom is -0.490 e. The van der Waals surface area contributed by atoms with Crippen molar-refractivity contribution < 1.29 is 13.2 Å². The highest BCUT2D eigenvalue weighted by Crippen LogP contribution is 2.22. The number of nitrogens with two attached hydrogens (primary N) is 1. The number of anilines is 1. The molecule has 0 radical (unpaired) electrons. The number of nitrogen functional groups attached to an aromatic ring is 1. The summed E-state index contributed by atoms with van der Waals surface area (Å²) in [5.41, 5.74) is 6.45. The van der Waals surface area contributed by atoms with Crippen LogP contribution in [0.5, 0.6) is 5.75 Å². The number of nitrogens with zero attached hydrogens (tertiary/aromatic N) is 1. The van der Waals surface area contributed by atoms with Crippen molar-refractivity contribution in [3.63, 3.8) is 0 Å². The highest BCUT2D eigenvalue weighted by molar-refractivity contribution is 7.91. The third kappa shape index (κ3) is 3.64. The first-order valence-corrected chi connectivity index (χ1v) is 7.22. The van der Waals surface area contributed by atoms with Crippen molar-refractivity contribution in [3.05, 3.63) is 23.8 Å². The van der Waals surface area contributed by atoms with E-state index in [4.69, 9.17) is 15.7 Å². The molecule has 0 aliphatic carbocycles. The van der Waals surface area contributed by atoms with Crippen molar-refractivity contribution in [2.45, 2.75) is 19.1 Å². The van der Waals surface area contributed by atoms with Crippen molar-refractivity contribution in [3.8, 4) is 11.8 Å². The van der Waals surface area contributed by atoms with E-state index in [1.54, 1.807) is 26.0 Å². The Balaban J connectivity index is 2.63. The van der Waals surface area contributed by atoms with Gasteiger partial charge in [0.1, 0.15) is 12.4 Å². The summed E-state index contributed by atoms with van der Waals surface area (Å²) in [6, 6.07) is 6.59. The molecule has 0 fully saturated rings. The minimum absolute atomic E-state index is 0.0515. The largest absolute Gasteiger partial charge is 0.490 e. The molecular weight excluding hydrogens is 252 g/mol. The van der Waals surface area contributed by atoms with Gasteiger partial charge in [0.2, 0.25) is 0 Å². The fourth-order valence-corrected chi connectivity index (χ4v) is 2.04. The van der Waals surface area contributed by atoms with Crippen molar-refractivity contribution in [2.75, 3.05) is 18.1 Å². The molecule has 0 bridgehead atoms. The highest BCUT2D eigenvalue weighted by atomic mass is 32.2. The zero-order valence-corrected chi connectivity index (χ0v) is 11.2. The average molecular weight is 268 g/mol. The first kappa shape index (κ1) is 14.3. The lowest BCUT2D eigenvalue weighted by atomic mass is 10.2. The zero-order chi connectivity index (χ0) is 13.8. The molecule has 1 aromatic carbocycles. The van der Waals surface area contributed by atoms with E-state index in [-0.39, 0.29) is 12.4 Å². The summed E-state index contributed by atoms with van der Waals surface area (Å²) in [6.45, 7) is 3.31. The van der Waals surface area contributed by atoms with Gasteiger partial charge in [-0.1, -0.05) is 0 Å². The van der Waals surface area contributed by atoms with Gasteiger partial charge in [0.05, 0.1) is 28.3 Å². The normalized spacial score (nSPS) is 11.2. The summed E-state index contributed by atoms with van der Waals surface area (Å²) in [5, 5.41) is 8.25. The molecule has 0 heterocycles. The number of rotatable bonds is 5. The molecule has 6 heteroatoms. The molecular formula is C12H16N2O3S. The Bertz CT molecular complexity index is 559. The molecule has 0 amide bonds. The first-order chi connectivity index (χ1) is 8.36. The maximum atomic E-state index is 11.6. The van der Waals surface area contributed by atoms with E-state index in [0.29, 0.717) is 17.0 Å². The van der Waals surface area contributed by atoms with Gasteiger partial charge >= 0.3 is 0 Å². The van der Waals surface area contributed by atoms with E-state index in [9.17, 15) is 8.42 Å². The highest BCUT2D eigenvalue weighted by Gasteiger charge is 2.16. The molecule has 0 saturated heterocycles. The Hall–Kier alpha value is -1.74. The fourth-order valence-electron chi connectivity index (χ4n) is 1.25. The first-order valence-electron chi connectivity index (χ1n) is 5.51. The maximum absolute atomic E-state index is 11.6. The molecule has 0 spiro atoms. The Morgan fingerprint density at radius 3 is 2.61 bits per heavy atom. The van der Waals surface area contributed by atoms with E-state index in [2.05, 4.69) is 0 Å². The lowest BCUT2D eigenvalue weighted by Crippen LogP contribution is -2.22. The van der Waals surface area contributed by atoms with Crippen molar-refractivity contribution in [1.29, 1.82) is 5.26 Å². The Labute approximate surface area is 107 Å². The van der Waals surface area contributed by atoms with Gasteiger partial charge in [-0.2, -0.15) is 5.26 Å². The minimum atomic E-state index is -3.11. The summed E-state index contributed by atoms with van der Waals surface area (Å²) < 4.78 is 28.4. The van der Waals surface area contributed by atoms with Gasteiger partial charge in [0.25, 0.3) is 0 Å². The quantitative estimate of drug-likeness (QED) is 0.813. The van der Waals surface area contributed by atoms with Crippen LogP contribution in [0.3, 0.4) is 0 Å². The van der Waals surface area contributed by atoms with Gasteiger partial charge in [0.15, 0.2) is 9.84 Å². The second kappa shape index (κ2) is 5.74. The maximum Gasteiger partial charge on any atom is 0.155 e. The van der Waals surface area contributed by atoms with Crippen molar-refractivity contribution in [2.24, 2.45) is 0 Å². The Morgan fingerprint density at radius 2 is 2.11 bits per heavy atom. The molecule has 2 N–H and O–H groups in total. The third-order valence-electron chi connectivity index (χ3n) is 2.48. The van der Waals surface area contributed by atoms with Crippen LogP contribution in [-0.4, -0.2) is 26.0 Å². The molecule has 0 aliphatic rings. The van der Waals surface area contributed by atoms with E-state index >= 15 is 0 Å². The predicted molar refractivity (Wildman–Crippen MR) is 70.0 cm³/mol. The second-order valence-electron chi connectivity index (χ2n) is 4.13. The molecule has 0 atom stereocenters. The Kier molecular flexibility index (Phi) is 4.56. The average Bonchev–Trinajstić information content (AvgIpc) is 2.30. The molecule has 18 heavy (non-hydrogen) atoms. The van der Waals surface area contributed by atoms with Crippen LogP contribution in [0.4, 0.5) is 5.69 Å². The summed E-state index contributed by atoms with van der Waals surface area (Å²) in [6.07, 6.45) is 0. The molecule has 98 valence electrons. The number of benzene rings is 1. The number of hydrogen-bond acceptors (Lipinski definition) is 5. The van der Waals surface area contributed by atoms with E-state index < -0.39 is 15.1 Å². The van der Waals surface area contributed by atoms with Gasteiger partial charge < -0.3 is 10.5 Å². The van der Waals surface area contributed by atoms with Crippen LogP contribution in [0, 0.1) is 11.3 Å². The molecule has 1 rings (SSSR count). The Morgan fingerprint density at radius 1 is 1.44 bits per heavy atom. The fraction of sp³-hybridized carbons (Fsp3) is 0.417.